The number of nitrogens with one attached hydrogen (secondary N) is 1. The number of carbonyl (C=O) groups is 1. The van der Waals surface area contributed by atoms with Crippen molar-refractivity contribution >= 4 is 57.8 Å². The van der Waals surface area contributed by atoms with Crippen molar-refractivity contribution in [3.05, 3.63) is 86.5 Å². The van der Waals surface area contributed by atoms with Crippen molar-refractivity contribution in [2.75, 3.05) is 0 Å². The highest BCUT2D eigenvalue weighted by atomic mass is 35.5. The third-order valence-electron chi connectivity index (χ3n) is 4.55. The summed E-state index contributed by atoms with van der Waals surface area (Å²) in [5.74, 6) is -0.154. The number of nitrogens with zero attached hydrogens (tertiary/aromatic N) is 2. The van der Waals surface area contributed by atoms with Crippen LogP contribution in [0.5, 0.6) is 0 Å². The third-order valence-corrected chi connectivity index (χ3v) is 5.96. The van der Waals surface area contributed by atoms with Crippen LogP contribution in [-0.2, 0) is 4.79 Å². The van der Waals surface area contributed by atoms with Gasteiger partial charge in [0, 0.05) is 27.1 Å². The first-order chi connectivity index (χ1) is 13.9. The lowest BCUT2D eigenvalue weighted by Gasteiger charge is -2.09. The molecular formula is C22H17Cl2N3OS. The molecule has 0 unspecified atom stereocenters. The summed E-state index contributed by atoms with van der Waals surface area (Å²) in [5.41, 5.74) is 4.88. The van der Waals surface area contributed by atoms with Crippen molar-refractivity contribution in [3.63, 3.8) is 0 Å². The molecule has 2 aromatic carbocycles. The molecule has 0 aliphatic carbocycles. The van der Waals surface area contributed by atoms with Crippen LogP contribution >= 0.6 is 35.0 Å². The van der Waals surface area contributed by atoms with E-state index in [1.807, 2.05) is 56.3 Å². The summed E-state index contributed by atoms with van der Waals surface area (Å²) in [6.45, 7) is 4.08. The van der Waals surface area contributed by atoms with Crippen LogP contribution in [0.4, 0.5) is 5.69 Å². The molecule has 4 rings (SSSR count). The number of hydrogen-bond donors (Lipinski definition) is 1. The third kappa shape index (κ3) is 4.27. The number of aromatic nitrogens is 1. The van der Waals surface area contributed by atoms with Gasteiger partial charge in [0.05, 0.1) is 10.6 Å². The molecule has 0 saturated carbocycles. The van der Waals surface area contributed by atoms with E-state index >= 15 is 0 Å². The highest BCUT2D eigenvalue weighted by Crippen LogP contribution is 2.31. The standard InChI is InChI=1S/C22H17Cl2N3OS/c1-13-11-15(14(2)27(13)19-9-5-17(24)6-10-19)12-20-21(28)26-22(29-20)25-18-7-3-16(23)4-8-18/h3-12H,1-2H3,(H,25,26,28)/b20-12-. The first-order valence-electron chi connectivity index (χ1n) is 8.91. The fourth-order valence-electron chi connectivity index (χ4n) is 3.18. The van der Waals surface area contributed by atoms with Crippen LogP contribution in [0, 0.1) is 13.8 Å². The van der Waals surface area contributed by atoms with Crippen molar-refractivity contribution in [2.24, 2.45) is 4.99 Å². The number of aryl methyl sites for hydroxylation is 1. The van der Waals surface area contributed by atoms with Gasteiger partial charge in [0.2, 0.25) is 0 Å². The van der Waals surface area contributed by atoms with Gasteiger partial charge < -0.3 is 9.88 Å². The second-order valence-electron chi connectivity index (χ2n) is 6.60. The maximum atomic E-state index is 12.4. The lowest BCUT2D eigenvalue weighted by atomic mass is 10.2. The van der Waals surface area contributed by atoms with Gasteiger partial charge in [-0.25, -0.2) is 4.99 Å². The fourth-order valence-corrected chi connectivity index (χ4v) is 4.26. The molecular weight excluding hydrogens is 425 g/mol. The summed E-state index contributed by atoms with van der Waals surface area (Å²) >= 11 is 13.2. The average molecular weight is 442 g/mol. The first kappa shape index (κ1) is 19.8. The van der Waals surface area contributed by atoms with Crippen molar-refractivity contribution < 1.29 is 4.79 Å². The van der Waals surface area contributed by atoms with E-state index in [-0.39, 0.29) is 5.91 Å². The monoisotopic (exact) mass is 441 g/mol. The zero-order valence-corrected chi connectivity index (χ0v) is 18.1. The van der Waals surface area contributed by atoms with Gasteiger partial charge in [0.25, 0.3) is 5.91 Å². The summed E-state index contributed by atoms with van der Waals surface area (Å²) < 4.78 is 2.14. The van der Waals surface area contributed by atoms with E-state index in [1.165, 1.54) is 11.8 Å². The predicted molar refractivity (Wildman–Crippen MR) is 123 cm³/mol. The van der Waals surface area contributed by atoms with Gasteiger partial charge >= 0.3 is 0 Å². The van der Waals surface area contributed by atoms with Crippen LogP contribution in [0.3, 0.4) is 0 Å². The Morgan fingerprint density at radius 2 is 1.62 bits per heavy atom. The normalized spacial score (nSPS) is 16.6. The molecule has 0 atom stereocenters. The predicted octanol–water partition coefficient (Wildman–Crippen LogP) is 6.29. The second-order valence-corrected chi connectivity index (χ2v) is 8.50. The van der Waals surface area contributed by atoms with Crippen LogP contribution in [-0.4, -0.2) is 15.6 Å². The maximum absolute atomic E-state index is 12.4. The van der Waals surface area contributed by atoms with Gasteiger partial charge in [-0.2, -0.15) is 0 Å². The molecule has 0 radical (unpaired) electrons. The van der Waals surface area contributed by atoms with E-state index < -0.39 is 0 Å². The van der Waals surface area contributed by atoms with Crippen LogP contribution in [0.1, 0.15) is 17.0 Å². The first-order valence-corrected chi connectivity index (χ1v) is 10.5. The Kier molecular flexibility index (Phi) is 5.54. The molecule has 29 heavy (non-hydrogen) atoms. The summed E-state index contributed by atoms with van der Waals surface area (Å²) in [4.78, 5) is 17.5. The molecule has 1 saturated heterocycles. The van der Waals surface area contributed by atoms with Crippen molar-refractivity contribution in [1.29, 1.82) is 0 Å². The topological polar surface area (TPSA) is 46.4 Å². The number of carbonyl (C=O) groups excluding carboxylic acids is 1. The fraction of sp³-hybridized carbons (Fsp3) is 0.0909. The zero-order valence-electron chi connectivity index (χ0n) is 15.7. The molecule has 4 nitrogen and oxygen atoms in total. The minimum Gasteiger partial charge on any atom is -0.318 e. The minimum absolute atomic E-state index is 0.154. The van der Waals surface area contributed by atoms with Gasteiger partial charge in [-0.05, 0) is 91.8 Å². The lowest BCUT2D eigenvalue weighted by Crippen LogP contribution is -2.19. The molecule has 0 spiro atoms. The summed E-state index contributed by atoms with van der Waals surface area (Å²) in [7, 11) is 0. The van der Waals surface area contributed by atoms with Crippen molar-refractivity contribution in [3.8, 4) is 5.69 Å². The molecule has 7 heteroatoms. The average Bonchev–Trinajstić information content (AvgIpc) is 3.17. The quantitative estimate of drug-likeness (QED) is 0.485. The maximum Gasteiger partial charge on any atom is 0.264 e. The van der Waals surface area contributed by atoms with Crippen molar-refractivity contribution in [1.82, 2.24) is 9.88 Å². The van der Waals surface area contributed by atoms with Gasteiger partial charge in [-0.3, -0.25) is 4.79 Å². The summed E-state index contributed by atoms with van der Waals surface area (Å²) in [6.07, 6.45) is 1.90. The van der Waals surface area contributed by atoms with Gasteiger partial charge in [0.15, 0.2) is 5.17 Å². The van der Waals surface area contributed by atoms with Crippen LogP contribution in [0.25, 0.3) is 11.8 Å². The summed E-state index contributed by atoms with van der Waals surface area (Å²) in [5, 5.41) is 4.71. The molecule has 1 amide bonds. The molecule has 1 fully saturated rings. The molecule has 1 N–H and O–H groups in total. The highest BCUT2D eigenvalue weighted by molar-refractivity contribution is 8.18. The Balaban J connectivity index is 1.63. The Labute approximate surface area is 183 Å². The van der Waals surface area contributed by atoms with Gasteiger partial charge in [-0.1, -0.05) is 23.2 Å². The molecule has 2 heterocycles. The molecule has 1 aliphatic rings. The number of benzene rings is 2. The number of amidine groups is 1. The number of halogens is 2. The number of amides is 1. The Bertz CT molecular complexity index is 1150. The highest BCUT2D eigenvalue weighted by Gasteiger charge is 2.24. The Morgan fingerprint density at radius 3 is 2.28 bits per heavy atom. The van der Waals surface area contributed by atoms with Gasteiger partial charge in [-0.15, -0.1) is 0 Å². The number of rotatable bonds is 3. The molecule has 3 aromatic rings. The van der Waals surface area contributed by atoms with E-state index in [1.54, 1.807) is 12.1 Å². The number of hydrogen-bond acceptors (Lipinski definition) is 3. The SMILES string of the molecule is Cc1cc(/C=C2\SC(=Nc3ccc(Cl)cc3)NC2=O)c(C)n1-c1ccc(Cl)cc1. The second kappa shape index (κ2) is 8.11. The largest absolute Gasteiger partial charge is 0.318 e. The number of aliphatic imine (C=N–C) groups is 1. The lowest BCUT2D eigenvalue weighted by molar-refractivity contribution is -0.115. The van der Waals surface area contributed by atoms with Crippen molar-refractivity contribution in [2.45, 2.75) is 13.8 Å². The molecule has 146 valence electrons. The van der Waals surface area contributed by atoms with E-state index in [0.717, 1.165) is 28.3 Å². The van der Waals surface area contributed by atoms with E-state index in [9.17, 15) is 4.79 Å². The molecule has 1 aromatic heterocycles. The minimum atomic E-state index is -0.154. The van der Waals surface area contributed by atoms with E-state index in [2.05, 4.69) is 20.9 Å². The van der Waals surface area contributed by atoms with E-state index in [0.29, 0.717) is 20.1 Å². The Hall–Kier alpha value is -2.47. The Morgan fingerprint density at radius 1 is 1.00 bits per heavy atom. The molecule has 0 bridgehead atoms. The van der Waals surface area contributed by atoms with Crippen LogP contribution in [0.15, 0.2) is 64.5 Å². The van der Waals surface area contributed by atoms with Gasteiger partial charge in [0.1, 0.15) is 0 Å². The molecule has 1 aliphatic heterocycles. The summed E-state index contributed by atoms with van der Waals surface area (Å²) in [6, 6.07) is 16.9. The smallest absolute Gasteiger partial charge is 0.264 e. The zero-order chi connectivity index (χ0) is 20.5. The number of thioether (sulfide) groups is 1. The van der Waals surface area contributed by atoms with E-state index in [4.69, 9.17) is 23.2 Å². The van der Waals surface area contributed by atoms with Crippen LogP contribution < -0.4 is 5.32 Å². The van der Waals surface area contributed by atoms with Crippen LogP contribution in [0.2, 0.25) is 10.0 Å².